The van der Waals surface area contributed by atoms with Gasteiger partial charge in [0, 0.05) is 14.1 Å². The zero-order valence-electron chi connectivity index (χ0n) is 14.8. The smallest absolute Gasteiger partial charge is 0.338 e. The molecule has 144 valence electrons. The van der Waals surface area contributed by atoms with Crippen molar-refractivity contribution in [2.75, 3.05) is 27.3 Å². The van der Waals surface area contributed by atoms with Crippen molar-refractivity contribution in [1.82, 2.24) is 4.31 Å². The van der Waals surface area contributed by atoms with E-state index in [1.54, 1.807) is 12.1 Å². The maximum absolute atomic E-state index is 12.2. The van der Waals surface area contributed by atoms with Gasteiger partial charge in [-0.25, -0.2) is 17.5 Å². The lowest BCUT2D eigenvalue weighted by molar-refractivity contribution is 0.0472. The Kier molecular flexibility index (Phi) is 5.59. The fourth-order valence-corrected chi connectivity index (χ4v) is 3.64. The number of carbonyl (C=O) groups is 1. The Morgan fingerprint density at radius 1 is 1.15 bits per heavy atom. The Balaban J connectivity index is 1.69. The fourth-order valence-electron chi connectivity index (χ4n) is 2.45. The summed E-state index contributed by atoms with van der Waals surface area (Å²) in [6, 6.07) is 8.92. The van der Waals surface area contributed by atoms with Crippen molar-refractivity contribution >= 4 is 27.6 Å². The van der Waals surface area contributed by atoms with Crippen molar-refractivity contribution in [3.05, 3.63) is 52.5 Å². The third-order valence-corrected chi connectivity index (χ3v) is 6.01. The van der Waals surface area contributed by atoms with E-state index in [2.05, 4.69) is 0 Å². The van der Waals surface area contributed by atoms with Gasteiger partial charge in [-0.2, -0.15) is 0 Å². The van der Waals surface area contributed by atoms with Gasteiger partial charge in [0.1, 0.15) is 19.8 Å². The largest absolute Gasteiger partial charge is 0.486 e. The fraction of sp³-hybridized carbons (Fsp3) is 0.278. The lowest BCUT2D eigenvalue weighted by Gasteiger charge is -2.20. The zero-order chi connectivity index (χ0) is 19.6. The quantitative estimate of drug-likeness (QED) is 0.703. The number of fused-ring (bicyclic) bond motifs is 1. The van der Waals surface area contributed by atoms with Crippen LogP contribution in [0.15, 0.2) is 41.3 Å². The Morgan fingerprint density at radius 3 is 2.48 bits per heavy atom. The minimum atomic E-state index is -3.55. The molecule has 0 aliphatic carbocycles. The van der Waals surface area contributed by atoms with Crippen LogP contribution in [-0.2, 0) is 21.4 Å². The molecule has 0 aromatic heterocycles. The van der Waals surface area contributed by atoms with E-state index in [9.17, 15) is 13.2 Å². The summed E-state index contributed by atoms with van der Waals surface area (Å²) in [4.78, 5) is 12.3. The minimum Gasteiger partial charge on any atom is -0.486 e. The second kappa shape index (κ2) is 7.75. The van der Waals surface area contributed by atoms with E-state index in [4.69, 9.17) is 25.8 Å². The molecule has 1 aliphatic heterocycles. The molecule has 2 aromatic rings. The van der Waals surface area contributed by atoms with Gasteiger partial charge in [0.05, 0.1) is 15.5 Å². The number of hydrogen-bond donors (Lipinski definition) is 0. The normalized spacial score (nSPS) is 13.5. The van der Waals surface area contributed by atoms with Crippen LogP contribution in [0.1, 0.15) is 15.9 Å². The van der Waals surface area contributed by atoms with Gasteiger partial charge < -0.3 is 14.2 Å². The molecule has 9 heteroatoms. The second-order valence-electron chi connectivity index (χ2n) is 5.99. The van der Waals surface area contributed by atoms with E-state index in [0.29, 0.717) is 35.3 Å². The van der Waals surface area contributed by atoms with Crippen molar-refractivity contribution in [1.29, 1.82) is 0 Å². The van der Waals surface area contributed by atoms with Crippen molar-refractivity contribution in [2.45, 2.75) is 11.5 Å². The third-order valence-electron chi connectivity index (χ3n) is 3.90. The van der Waals surface area contributed by atoms with Gasteiger partial charge in [-0.15, -0.1) is 0 Å². The number of hydrogen-bond acceptors (Lipinski definition) is 6. The molecule has 0 N–H and O–H groups in total. The van der Waals surface area contributed by atoms with E-state index in [1.165, 1.54) is 38.4 Å². The van der Waals surface area contributed by atoms with Crippen molar-refractivity contribution in [3.63, 3.8) is 0 Å². The van der Waals surface area contributed by atoms with Crippen LogP contribution in [-0.4, -0.2) is 46.0 Å². The number of sulfonamides is 1. The second-order valence-corrected chi connectivity index (χ2v) is 8.55. The summed E-state index contributed by atoms with van der Waals surface area (Å²) in [6.07, 6.45) is 0. The molecule has 7 nitrogen and oxygen atoms in total. The number of benzene rings is 2. The molecule has 0 radical (unpaired) electrons. The van der Waals surface area contributed by atoms with Crippen LogP contribution in [0.2, 0.25) is 5.02 Å². The molecule has 1 aliphatic rings. The Labute approximate surface area is 162 Å². The van der Waals surface area contributed by atoms with Crippen LogP contribution in [0.4, 0.5) is 0 Å². The Morgan fingerprint density at radius 2 is 1.81 bits per heavy atom. The molecule has 3 rings (SSSR count). The summed E-state index contributed by atoms with van der Waals surface area (Å²) in [5.41, 5.74) is 0.903. The molecular formula is C18H18ClNO6S. The van der Waals surface area contributed by atoms with Crippen LogP contribution in [0.3, 0.4) is 0 Å². The highest BCUT2D eigenvalue weighted by Crippen LogP contribution is 2.38. The maximum Gasteiger partial charge on any atom is 0.338 e. The topological polar surface area (TPSA) is 82.1 Å². The van der Waals surface area contributed by atoms with Gasteiger partial charge in [0.25, 0.3) is 0 Å². The first-order valence-corrected chi connectivity index (χ1v) is 9.88. The monoisotopic (exact) mass is 411 g/mol. The van der Waals surface area contributed by atoms with E-state index in [-0.39, 0.29) is 17.1 Å². The summed E-state index contributed by atoms with van der Waals surface area (Å²) >= 11 is 6.16. The number of carbonyl (C=O) groups excluding carboxylic acids is 1. The molecule has 0 saturated heterocycles. The number of esters is 1. The van der Waals surface area contributed by atoms with Gasteiger partial charge in [-0.1, -0.05) is 11.6 Å². The van der Waals surface area contributed by atoms with Gasteiger partial charge in [-0.05, 0) is 42.0 Å². The summed E-state index contributed by atoms with van der Waals surface area (Å²) < 4.78 is 41.4. The molecule has 0 spiro atoms. The lowest BCUT2D eigenvalue weighted by Crippen LogP contribution is -2.22. The highest BCUT2D eigenvalue weighted by Gasteiger charge is 2.19. The molecule has 2 aromatic carbocycles. The Bertz CT molecular complexity index is 957. The molecule has 0 bridgehead atoms. The zero-order valence-corrected chi connectivity index (χ0v) is 16.3. The molecule has 27 heavy (non-hydrogen) atoms. The summed E-state index contributed by atoms with van der Waals surface area (Å²) in [7, 11) is -0.667. The van der Waals surface area contributed by atoms with Crippen LogP contribution in [0.25, 0.3) is 0 Å². The number of halogens is 1. The Hall–Kier alpha value is -2.29. The van der Waals surface area contributed by atoms with Crippen LogP contribution in [0, 0.1) is 0 Å². The standard InChI is InChI=1S/C18H18ClNO6S/c1-20(2)27(22,23)14-5-3-13(4-6-14)18(21)26-11-12-9-15(19)17-16(10-12)24-7-8-25-17/h3-6,9-10H,7-8,11H2,1-2H3. The predicted molar refractivity (Wildman–Crippen MR) is 98.9 cm³/mol. The first-order chi connectivity index (χ1) is 12.8. The average molecular weight is 412 g/mol. The van der Waals surface area contributed by atoms with Gasteiger partial charge >= 0.3 is 5.97 Å². The predicted octanol–water partition coefficient (Wildman–Crippen LogP) is 2.72. The lowest BCUT2D eigenvalue weighted by atomic mass is 10.2. The van der Waals surface area contributed by atoms with Crippen molar-refractivity contribution in [2.24, 2.45) is 0 Å². The van der Waals surface area contributed by atoms with Crippen LogP contribution >= 0.6 is 11.6 Å². The van der Waals surface area contributed by atoms with Gasteiger partial charge in [0.2, 0.25) is 10.0 Å². The number of rotatable bonds is 5. The molecule has 0 atom stereocenters. The van der Waals surface area contributed by atoms with Crippen molar-refractivity contribution < 1.29 is 27.4 Å². The molecule has 0 saturated carbocycles. The van der Waals surface area contributed by atoms with Gasteiger partial charge in [0.15, 0.2) is 11.5 Å². The first-order valence-electron chi connectivity index (χ1n) is 8.07. The molecule has 0 fully saturated rings. The van der Waals surface area contributed by atoms with Gasteiger partial charge in [-0.3, -0.25) is 0 Å². The molecule has 0 amide bonds. The number of ether oxygens (including phenoxy) is 3. The summed E-state index contributed by atoms with van der Waals surface area (Å²) in [5.74, 6) is 0.420. The highest BCUT2D eigenvalue weighted by molar-refractivity contribution is 7.89. The minimum absolute atomic E-state index is 0.00700. The van der Waals surface area contributed by atoms with Crippen LogP contribution < -0.4 is 9.47 Å². The average Bonchev–Trinajstić information content (AvgIpc) is 2.66. The van der Waals surface area contributed by atoms with E-state index >= 15 is 0 Å². The summed E-state index contributed by atoms with van der Waals surface area (Å²) in [6.45, 7) is 0.850. The number of nitrogens with zero attached hydrogens (tertiary/aromatic N) is 1. The molecular weight excluding hydrogens is 394 g/mol. The van der Waals surface area contributed by atoms with E-state index < -0.39 is 16.0 Å². The van der Waals surface area contributed by atoms with Crippen molar-refractivity contribution in [3.8, 4) is 11.5 Å². The first kappa shape index (κ1) is 19.5. The van der Waals surface area contributed by atoms with Crippen LogP contribution in [0.5, 0.6) is 11.5 Å². The molecule has 0 unspecified atom stereocenters. The van der Waals surface area contributed by atoms with E-state index in [1.807, 2.05) is 0 Å². The maximum atomic E-state index is 12.2. The summed E-state index contributed by atoms with van der Waals surface area (Å²) in [5, 5.41) is 0.386. The molecule has 1 heterocycles. The van der Waals surface area contributed by atoms with E-state index in [0.717, 1.165) is 4.31 Å². The third kappa shape index (κ3) is 4.18. The highest BCUT2D eigenvalue weighted by atomic mass is 35.5. The SMILES string of the molecule is CN(C)S(=O)(=O)c1ccc(C(=O)OCc2cc(Cl)c3c(c2)OCCO3)cc1.